The van der Waals surface area contributed by atoms with Gasteiger partial charge in [0.1, 0.15) is 43.8 Å². The summed E-state index contributed by atoms with van der Waals surface area (Å²) in [5, 5.41) is 3.21. The molecule has 0 atom stereocenters. The zero-order valence-corrected chi connectivity index (χ0v) is 31.4. The van der Waals surface area contributed by atoms with E-state index in [2.05, 4.69) is 13.2 Å². The molecular formula is C36H48N2O12S2. The molecule has 1 saturated heterocycles. The lowest BCUT2D eigenvalue weighted by Gasteiger charge is -2.27. The topological polar surface area (TPSA) is 164 Å². The second-order valence-corrected chi connectivity index (χ2v) is 14.1. The maximum Gasteiger partial charge on any atom is 0.330 e. The molecule has 2 heterocycles. The summed E-state index contributed by atoms with van der Waals surface area (Å²) in [5.74, 6) is -2.39. The number of carbonyl (C=O) groups excluding carboxylic acids is 6. The molecule has 1 aromatic rings. The van der Waals surface area contributed by atoms with Crippen molar-refractivity contribution in [3.05, 3.63) is 37.4 Å². The summed E-state index contributed by atoms with van der Waals surface area (Å²) in [6, 6.07) is 3.49. The van der Waals surface area contributed by atoms with Crippen molar-refractivity contribution in [2.45, 2.75) is 79.6 Å². The molecule has 0 radical (unpaired) electrons. The van der Waals surface area contributed by atoms with Crippen molar-refractivity contribution < 1.29 is 57.2 Å². The average Bonchev–Trinajstić information content (AvgIpc) is 3.68. The Kier molecular flexibility index (Phi) is 18.4. The van der Waals surface area contributed by atoms with Crippen LogP contribution < -0.4 is 9.47 Å². The van der Waals surface area contributed by atoms with Gasteiger partial charge in [-0.05, 0) is 37.8 Å². The van der Waals surface area contributed by atoms with Crippen LogP contribution in [0.1, 0.15) is 65.2 Å². The maximum atomic E-state index is 13.8. The van der Waals surface area contributed by atoms with Crippen molar-refractivity contribution in [2.75, 3.05) is 52.7 Å². The van der Waals surface area contributed by atoms with Gasteiger partial charge in [0, 0.05) is 38.1 Å². The molecule has 0 saturated carbocycles. The largest absolute Gasteiger partial charge is 0.492 e. The van der Waals surface area contributed by atoms with E-state index in [1.165, 1.54) is 23.5 Å². The predicted octanol–water partition coefficient (Wildman–Crippen LogP) is 4.88. The molecule has 52 heavy (non-hydrogen) atoms. The van der Waals surface area contributed by atoms with Gasteiger partial charge in [0.05, 0.1) is 27.6 Å². The SMILES string of the molecule is C=CC(=O)OCCOC(=O)CCCOc1ccc(OCCCC(=O)OCCOC(=O)C=C)c2c1SC(C1C(=O)N(CCCC)N(CCCC)C1=O)S2. The van der Waals surface area contributed by atoms with Crippen molar-refractivity contribution in [3.63, 3.8) is 0 Å². The van der Waals surface area contributed by atoms with Gasteiger partial charge < -0.3 is 28.4 Å². The molecule has 1 aromatic carbocycles. The Morgan fingerprint density at radius 1 is 0.654 bits per heavy atom. The molecule has 0 spiro atoms. The fourth-order valence-corrected chi connectivity index (χ4v) is 8.16. The molecule has 16 heteroatoms. The molecule has 2 aliphatic rings. The van der Waals surface area contributed by atoms with E-state index in [4.69, 9.17) is 28.4 Å². The van der Waals surface area contributed by atoms with E-state index < -0.39 is 34.4 Å². The van der Waals surface area contributed by atoms with E-state index >= 15 is 0 Å². The minimum Gasteiger partial charge on any atom is -0.492 e. The van der Waals surface area contributed by atoms with Gasteiger partial charge in [-0.3, -0.25) is 29.2 Å². The first-order valence-electron chi connectivity index (χ1n) is 17.4. The summed E-state index contributed by atoms with van der Waals surface area (Å²) in [4.78, 5) is 75.4. The van der Waals surface area contributed by atoms with Gasteiger partial charge in [-0.2, -0.15) is 0 Å². The number of fused-ring (bicyclic) bond motifs is 1. The second kappa shape index (κ2) is 22.7. The lowest BCUT2D eigenvalue weighted by molar-refractivity contribution is -0.149. The maximum absolute atomic E-state index is 13.8. The van der Waals surface area contributed by atoms with Crippen molar-refractivity contribution in [2.24, 2.45) is 5.92 Å². The smallest absolute Gasteiger partial charge is 0.330 e. The Balaban J connectivity index is 1.66. The quantitative estimate of drug-likeness (QED) is 0.0435. The van der Waals surface area contributed by atoms with Crippen LogP contribution >= 0.6 is 23.5 Å². The third-order valence-corrected chi connectivity index (χ3v) is 10.6. The minimum atomic E-state index is -0.891. The second-order valence-electron chi connectivity index (χ2n) is 11.5. The van der Waals surface area contributed by atoms with E-state index in [9.17, 15) is 28.8 Å². The number of thioether (sulfide) groups is 2. The normalized spacial score (nSPS) is 14.2. The van der Waals surface area contributed by atoms with Crippen molar-refractivity contribution in [1.29, 1.82) is 0 Å². The molecule has 0 unspecified atom stereocenters. The number of hydrogen-bond acceptors (Lipinski definition) is 14. The number of hydrazine groups is 1. The molecule has 3 rings (SSSR count). The summed E-state index contributed by atoms with van der Waals surface area (Å²) in [6.07, 6.45) is 6.25. The Morgan fingerprint density at radius 3 is 1.44 bits per heavy atom. The molecule has 286 valence electrons. The highest BCUT2D eigenvalue weighted by atomic mass is 32.2. The first kappa shape index (κ1) is 42.2. The lowest BCUT2D eigenvalue weighted by Crippen LogP contribution is -2.42. The third kappa shape index (κ3) is 12.8. The van der Waals surface area contributed by atoms with Crippen molar-refractivity contribution >= 4 is 59.2 Å². The highest BCUT2D eigenvalue weighted by Gasteiger charge is 2.51. The number of carbonyl (C=O) groups is 6. The van der Waals surface area contributed by atoms with E-state index in [0.717, 1.165) is 47.6 Å². The molecule has 14 nitrogen and oxygen atoms in total. The molecule has 2 aliphatic heterocycles. The van der Waals surface area contributed by atoms with Gasteiger partial charge in [0.15, 0.2) is 0 Å². The summed E-state index contributed by atoms with van der Waals surface area (Å²) < 4.78 is 31.5. The Hall–Kier alpha value is -4.18. The zero-order valence-electron chi connectivity index (χ0n) is 29.8. The molecule has 0 aromatic heterocycles. The van der Waals surface area contributed by atoms with E-state index in [-0.39, 0.29) is 64.3 Å². The highest BCUT2D eigenvalue weighted by Crippen LogP contribution is 2.58. The van der Waals surface area contributed by atoms with Crippen LogP contribution in [0.25, 0.3) is 0 Å². The lowest BCUT2D eigenvalue weighted by atomic mass is 10.1. The zero-order chi connectivity index (χ0) is 37.9. The monoisotopic (exact) mass is 764 g/mol. The molecular weight excluding hydrogens is 717 g/mol. The third-order valence-electron chi connectivity index (χ3n) is 7.64. The first-order chi connectivity index (χ1) is 25.1. The summed E-state index contributed by atoms with van der Waals surface area (Å²) >= 11 is 2.76. The van der Waals surface area contributed by atoms with Crippen LogP contribution in [0, 0.1) is 5.92 Å². The van der Waals surface area contributed by atoms with Gasteiger partial charge in [-0.25, -0.2) is 9.59 Å². The van der Waals surface area contributed by atoms with E-state index in [0.29, 0.717) is 37.4 Å². The number of esters is 4. The number of benzene rings is 1. The molecule has 0 N–H and O–H groups in total. The van der Waals surface area contributed by atoms with Crippen LogP contribution in [0.15, 0.2) is 47.2 Å². The van der Waals surface area contributed by atoms with Gasteiger partial charge in [0.25, 0.3) is 11.8 Å². The summed E-state index contributed by atoms with van der Waals surface area (Å²) in [6.45, 7) is 11.7. The highest BCUT2D eigenvalue weighted by molar-refractivity contribution is 8.19. The predicted molar refractivity (Wildman–Crippen MR) is 192 cm³/mol. The van der Waals surface area contributed by atoms with Crippen LogP contribution in [0.5, 0.6) is 11.5 Å². The molecule has 0 aliphatic carbocycles. The Labute approximate surface area is 312 Å². The number of hydrogen-bond donors (Lipinski definition) is 0. The Morgan fingerprint density at radius 2 is 1.06 bits per heavy atom. The van der Waals surface area contributed by atoms with E-state index in [1.807, 2.05) is 13.8 Å². The van der Waals surface area contributed by atoms with Crippen LogP contribution in [-0.4, -0.2) is 103 Å². The van der Waals surface area contributed by atoms with Crippen molar-refractivity contribution in [1.82, 2.24) is 10.0 Å². The number of ether oxygens (including phenoxy) is 6. The van der Waals surface area contributed by atoms with Gasteiger partial charge in [-0.1, -0.05) is 39.8 Å². The number of unbranched alkanes of at least 4 members (excludes halogenated alkanes) is 2. The van der Waals surface area contributed by atoms with Gasteiger partial charge >= 0.3 is 23.9 Å². The fraction of sp³-hybridized carbons (Fsp3) is 0.556. The van der Waals surface area contributed by atoms with Gasteiger partial charge in [0.2, 0.25) is 0 Å². The Bertz CT molecular complexity index is 1330. The molecule has 1 fully saturated rings. The first-order valence-corrected chi connectivity index (χ1v) is 19.2. The molecule has 0 bridgehead atoms. The number of rotatable bonds is 25. The summed E-state index contributed by atoms with van der Waals surface area (Å²) in [7, 11) is 0. The number of nitrogens with zero attached hydrogens (tertiary/aromatic N) is 2. The summed E-state index contributed by atoms with van der Waals surface area (Å²) in [5.41, 5.74) is 0. The molecule has 2 amide bonds. The van der Waals surface area contributed by atoms with Gasteiger partial charge in [-0.15, -0.1) is 23.5 Å². The van der Waals surface area contributed by atoms with Crippen LogP contribution in [-0.2, 0) is 47.7 Å². The van der Waals surface area contributed by atoms with Crippen molar-refractivity contribution in [3.8, 4) is 11.5 Å². The number of amides is 2. The van der Waals surface area contributed by atoms with Crippen LogP contribution in [0.2, 0.25) is 0 Å². The average molecular weight is 765 g/mol. The fourth-order valence-electron chi connectivity index (χ4n) is 5.00. The van der Waals surface area contributed by atoms with E-state index in [1.54, 1.807) is 22.2 Å². The standard InChI is InChI=1S/C36H48N2O12S2/c1-5-9-17-37-34(43)31(35(44)38(37)18-10-6-2)36-51-32-25(45-19-11-13-29(41)49-23-21-47-27(39)7-3)15-16-26(33(32)52-36)46-20-12-14-30(42)50-24-22-48-28(40)8-4/h7-8,15-16,31,36H,3-6,9-14,17-24H2,1-2H3. The van der Waals surface area contributed by atoms with Crippen LogP contribution in [0.3, 0.4) is 0 Å². The minimum absolute atomic E-state index is 0.0672. The van der Waals surface area contributed by atoms with Crippen LogP contribution in [0.4, 0.5) is 0 Å².